The summed E-state index contributed by atoms with van der Waals surface area (Å²) in [4.78, 5) is 4.20. The molecule has 0 radical (unpaired) electrons. The van der Waals surface area contributed by atoms with Crippen molar-refractivity contribution in [1.82, 2.24) is 4.98 Å². The van der Waals surface area contributed by atoms with Gasteiger partial charge in [0.1, 0.15) is 12.4 Å². The third kappa shape index (κ3) is 2.68. The van der Waals surface area contributed by atoms with Gasteiger partial charge in [-0.1, -0.05) is 12.1 Å². The van der Waals surface area contributed by atoms with E-state index in [0.29, 0.717) is 6.61 Å². The molecule has 3 nitrogen and oxygen atoms in total. The number of pyridine rings is 1. The monoisotopic (exact) mass is 268 g/mol. The van der Waals surface area contributed by atoms with Crippen LogP contribution in [-0.4, -0.2) is 4.98 Å². The van der Waals surface area contributed by atoms with Crippen molar-refractivity contribution in [3.63, 3.8) is 0 Å². The zero-order valence-corrected chi connectivity index (χ0v) is 11.8. The normalized spacial score (nSPS) is 17.6. The number of fused-ring (bicyclic) bond motifs is 1. The molecule has 0 aliphatic heterocycles. The maximum atomic E-state index is 6.18. The van der Waals surface area contributed by atoms with Crippen LogP contribution < -0.4 is 10.5 Å². The molecule has 0 spiro atoms. The van der Waals surface area contributed by atoms with E-state index in [-0.39, 0.29) is 6.04 Å². The smallest absolute Gasteiger partial charge is 0.123 e. The van der Waals surface area contributed by atoms with Crippen LogP contribution in [0.15, 0.2) is 36.7 Å². The number of aromatic nitrogens is 1. The Morgan fingerprint density at radius 1 is 1.35 bits per heavy atom. The average Bonchev–Trinajstić information content (AvgIpc) is 2.46. The van der Waals surface area contributed by atoms with E-state index in [9.17, 15) is 0 Å². The van der Waals surface area contributed by atoms with E-state index < -0.39 is 0 Å². The maximum absolute atomic E-state index is 6.18. The van der Waals surface area contributed by atoms with E-state index in [1.54, 1.807) is 0 Å². The summed E-state index contributed by atoms with van der Waals surface area (Å²) in [5.74, 6) is 0.971. The van der Waals surface area contributed by atoms with Crippen LogP contribution in [0.3, 0.4) is 0 Å². The predicted molar refractivity (Wildman–Crippen MR) is 79.6 cm³/mol. The second-order valence-electron chi connectivity index (χ2n) is 5.48. The van der Waals surface area contributed by atoms with Gasteiger partial charge >= 0.3 is 0 Å². The first-order chi connectivity index (χ1) is 9.74. The van der Waals surface area contributed by atoms with Crippen LogP contribution >= 0.6 is 0 Å². The Balaban J connectivity index is 1.80. The van der Waals surface area contributed by atoms with Gasteiger partial charge in [0, 0.05) is 24.0 Å². The van der Waals surface area contributed by atoms with Crippen molar-refractivity contribution in [3.8, 4) is 5.75 Å². The molecular weight excluding hydrogens is 248 g/mol. The number of nitrogens with zero attached hydrogens (tertiary/aromatic N) is 1. The van der Waals surface area contributed by atoms with Crippen LogP contribution in [-0.2, 0) is 13.0 Å². The molecule has 0 fully saturated rings. The minimum absolute atomic E-state index is 0.155. The van der Waals surface area contributed by atoms with Crippen molar-refractivity contribution in [1.29, 1.82) is 0 Å². The van der Waals surface area contributed by atoms with Gasteiger partial charge in [0.2, 0.25) is 0 Å². The molecule has 1 aliphatic carbocycles. The Hall–Kier alpha value is -1.87. The number of ether oxygens (including phenoxy) is 1. The molecule has 3 rings (SSSR count). The van der Waals surface area contributed by atoms with E-state index in [0.717, 1.165) is 36.1 Å². The Bertz CT molecular complexity index is 610. The molecule has 1 atom stereocenters. The highest BCUT2D eigenvalue weighted by molar-refractivity contribution is 5.43. The quantitative estimate of drug-likeness (QED) is 0.929. The van der Waals surface area contributed by atoms with Crippen LogP contribution in [0.25, 0.3) is 0 Å². The molecule has 1 aliphatic rings. The number of hydrogen-bond donors (Lipinski definition) is 1. The summed E-state index contributed by atoms with van der Waals surface area (Å²) in [5.41, 5.74) is 11.0. The molecule has 1 unspecified atom stereocenters. The number of aryl methyl sites for hydroxylation is 1. The van der Waals surface area contributed by atoms with Crippen molar-refractivity contribution >= 4 is 0 Å². The van der Waals surface area contributed by atoms with Gasteiger partial charge in [0.15, 0.2) is 0 Å². The fraction of sp³-hybridized carbons (Fsp3) is 0.353. The summed E-state index contributed by atoms with van der Waals surface area (Å²) in [5, 5.41) is 0. The third-order valence-corrected chi connectivity index (χ3v) is 3.84. The van der Waals surface area contributed by atoms with Gasteiger partial charge in [-0.05, 0) is 55.0 Å². The fourth-order valence-corrected chi connectivity index (χ4v) is 2.84. The number of rotatable bonds is 3. The molecular formula is C17H20N2O. The summed E-state index contributed by atoms with van der Waals surface area (Å²) in [6, 6.07) is 8.46. The molecule has 0 bridgehead atoms. The average molecular weight is 268 g/mol. The minimum Gasteiger partial charge on any atom is -0.489 e. The van der Waals surface area contributed by atoms with E-state index in [4.69, 9.17) is 10.5 Å². The third-order valence-electron chi connectivity index (χ3n) is 3.84. The van der Waals surface area contributed by atoms with Gasteiger partial charge in [-0.2, -0.15) is 0 Å². The molecule has 0 saturated carbocycles. The lowest BCUT2D eigenvalue weighted by Gasteiger charge is -2.24. The molecule has 2 aromatic rings. The largest absolute Gasteiger partial charge is 0.489 e. The van der Waals surface area contributed by atoms with Gasteiger partial charge in [-0.15, -0.1) is 0 Å². The molecule has 0 saturated heterocycles. The van der Waals surface area contributed by atoms with Gasteiger partial charge in [-0.25, -0.2) is 0 Å². The standard InChI is InChI=1S/C17H20N2O/c1-12-8-13(10-19-9-12)11-20-17-7-3-4-14-15(17)5-2-6-16(14)18/h3-4,7-10,16H,2,5-6,11,18H2,1H3. The van der Waals surface area contributed by atoms with E-state index in [2.05, 4.69) is 17.1 Å². The minimum atomic E-state index is 0.155. The summed E-state index contributed by atoms with van der Waals surface area (Å²) in [6.07, 6.45) is 6.98. The zero-order valence-electron chi connectivity index (χ0n) is 11.8. The Morgan fingerprint density at radius 3 is 3.10 bits per heavy atom. The molecule has 1 heterocycles. The van der Waals surface area contributed by atoms with E-state index >= 15 is 0 Å². The maximum Gasteiger partial charge on any atom is 0.123 e. The van der Waals surface area contributed by atoms with Gasteiger partial charge in [-0.3, -0.25) is 4.98 Å². The first kappa shape index (κ1) is 13.1. The lowest BCUT2D eigenvalue weighted by atomic mass is 9.87. The highest BCUT2D eigenvalue weighted by Gasteiger charge is 2.19. The molecule has 104 valence electrons. The molecule has 1 aromatic carbocycles. The zero-order chi connectivity index (χ0) is 13.9. The lowest BCUT2D eigenvalue weighted by molar-refractivity contribution is 0.300. The second kappa shape index (κ2) is 5.63. The van der Waals surface area contributed by atoms with Gasteiger partial charge in [0.05, 0.1) is 0 Å². The highest BCUT2D eigenvalue weighted by atomic mass is 16.5. The number of hydrogen-bond acceptors (Lipinski definition) is 3. The SMILES string of the molecule is Cc1cncc(COc2cccc3c2CCCC3N)c1. The van der Waals surface area contributed by atoms with Crippen LogP contribution in [0.4, 0.5) is 0 Å². The Kier molecular flexibility index (Phi) is 3.70. The molecule has 1 aromatic heterocycles. The van der Waals surface area contributed by atoms with Crippen molar-refractivity contribution < 1.29 is 4.74 Å². The number of nitrogens with two attached hydrogens (primary N) is 1. The first-order valence-electron chi connectivity index (χ1n) is 7.15. The molecule has 3 heteroatoms. The summed E-state index contributed by atoms with van der Waals surface area (Å²) >= 11 is 0. The lowest BCUT2D eigenvalue weighted by Crippen LogP contribution is -2.18. The van der Waals surface area contributed by atoms with Crippen molar-refractivity contribution in [2.24, 2.45) is 5.73 Å². The molecule has 0 amide bonds. The van der Waals surface area contributed by atoms with E-state index in [1.807, 2.05) is 31.5 Å². The highest BCUT2D eigenvalue weighted by Crippen LogP contribution is 2.34. The van der Waals surface area contributed by atoms with Gasteiger partial charge in [0.25, 0.3) is 0 Å². The summed E-state index contributed by atoms with van der Waals surface area (Å²) < 4.78 is 6.00. The molecule has 2 N–H and O–H groups in total. The second-order valence-corrected chi connectivity index (χ2v) is 5.48. The van der Waals surface area contributed by atoms with Gasteiger partial charge < -0.3 is 10.5 Å². The van der Waals surface area contributed by atoms with Crippen molar-refractivity contribution in [2.45, 2.75) is 38.8 Å². The van der Waals surface area contributed by atoms with E-state index in [1.165, 1.54) is 11.1 Å². The van der Waals surface area contributed by atoms with Crippen molar-refractivity contribution in [3.05, 3.63) is 58.9 Å². The number of benzene rings is 1. The molecule has 20 heavy (non-hydrogen) atoms. The Morgan fingerprint density at radius 2 is 2.25 bits per heavy atom. The van der Waals surface area contributed by atoms with Crippen LogP contribution in [0, 0.1) is 6.92 Å². The van der Waals surface area contributed by atoms with Crippen LogP contribution in [0.1, 0.15) is 41.1 Å². The predicted octanol–water partition coefficient (Wildman–Crippen LogP) is 3.31. The Labute approximate surface area is 119 Å². The van der Waals surface area contributed by atoms with Crippen molar-refractivity contribution in [2.75, 3.05) is 0 Å². The van der Waals surface area contributed by atoms with Crippen LogP contribution in [0.5, 0.6) is 5.75 Å². The fourth-order valence-electron chi connectivity index (χ4n) is 2.84. The first-order valence-corrected chi connectivity index (χ1v) is 7.15. The van der Waals surface area contributed by atoms with Crippen LogP contribution in [0.2, 0.25) is 0 Å². The summed E-state index contributed by atoms with van der Waals surface area (Å²) in [7, 11) is 0. The topological polar surface area (TPSA) is 48.1 Å². The summed E-state index contributed by atoms with van der Waals surface area (Å²) in [6.45, 7) is 2.60.